The first-order valence-corrected chi connectivity index (χ1v) is 13.6. The van der Waals surface area contributed by atoms with Crippen molar-refractivity contribution < 1.29 is 31.9 Å². The van der Waals surface area contributed by atoms with Gasteiger partial charge in [-0.3, -0.25) is 24.2 Å². The van der Waals surface area contributed by atoms with Crippen LogP contribution < -0.4 is 15.1 Å². The van der Waals surface area contributed by atoms with E-state index in [-0.39, 0.29) is 54.6 Å². The molecule has 2 aliphatic rings. The second-order valence-electron chi connectivity index (χ2n) is 10.3. The third-order valence-corrected chi connectivity index (χ3v) is 7.56. The van der Waals surface area contributed by atoms with Crippen molar-refractivity contribution >= 4 is 41.0 Å². The molecule has 1 N–H and O–H groups in total. The zero-order chi connectivity index (χ0) is 30.9. The number of carbonyl (C=O) groups is 3. The van der Waals surface area contributed by atoms with E-state index in [0.717, 1.165) is 21.9 Å². The van der Waals surface area contributed by atoms with Crippen LogP contribution >= 0.6 is 11.6 Å². The first-order valence-electron chi connectivity index (χ1n) is 13.2. The summed E-state index contributed by atoms with van der Waals surface area (Å²) in [5.74, 6) is -7.77. The molecule has 2 fully saturated rings. The molecule has 2 aromatic carbocycles. The standard InChI is InChI=1S/C29H23ClF4N6O3.CH4/c30-22-5-2-1-4-21(22)25(26(42)37-19-13-29(33,34)14-19)39(20-11-16(31)10-17(32)12-20)27(43)23-6-3-7-24(41)40(23)28-36-9-8-18(15-35)38-28;/h1-2,4-5,8-12,19,23,25H,3,6-7,13-14H2,(H,37,42);1H4/t23-,25-;/m0./s1. The molecule has 1 aromatic heterocycles. The van der Waals surface area contributed by atoms with Gasteiger partial charge in [-0.25, -0.2) is 27.5 Å². The van der Waals surface area contributed by atoms with Gasteiger partial charge in [-0.1, -0.05) is 37.2 Å². The van der Waals surface area contributed by atoms with Crippen LogP contribution in [0.4, 0.5) is 29.2 Å². The molecule has 1 aliphatic heterocycles. The molecule has 2 heterocycles. The number of hydrogen-bond acceptors (Lipinski definition) is 6. The molecular formula is C30H27ClF4N6O3. The summed E-state index contributed by atoms with van der Waals surface area (Å²) in [5.41, 5.74) is -0.419. The highest BCUT2D eigenvalue weighted by atomic mass is 35.5. The van der Waals surface area contributed by atoms with E-state index in [4.69, 9.17) is 11.6 Å². The average Bonchev–Trinajstić information content (AvgIpc) is 2.94. The maximum atomic E-state index is 14.6. The monoisotopic (exact) mass is 630 g/mol. The van der Waals surface area contributed by atoms with E-state index in [1.807, 2.05) is 6.07 Å². The van der Waals surface area contributed by atoms with Crippen molar-refractivity contribution in [3.63, 3.8) is 0 Å². The van der Waals surface area contributed by atoms with Crippen molar-refractivity contribution in [2.45, 2.75) is 63.6 Å². The smallest absolute Gasteiger partial charge is 0.252 e. The van der Waals surface area contributed by atoms with Crippen molar-refractivity contribution in [2.24, 2.45) is 0 Å². The van der Waals surface area contributed by atoms with Crippen LogP contribution in [0.25, 0.3) is 0 Å². The third kappa shape index (κ3) is 6.65. The summed E-state index contributed by atoms with van der Waals surface area (Å²) >= 11 is 6.46. The lowest BCUT2D eigenvalue weighted by atomic mass is 9.87. The number of aromatic nitrogens is 2. The average molecular weight is 631 g/mol. The van der Waals surface area contributed by atoms with Crippen LogP contribution in [0, 0.1) is 23.0 Å². The van der Waals surface area contributed by atoms with Gasteiger partial charge in [0.1, 0.15) is 35.5 Å². The summed E-state index contributed by atoms with van der Waals surface area (Å²) in [7, 11) is 0. The highest BCUT2D eigenvalue weighted by molar-refractivity contribution is 6.31. The number of piperidine rings is 1. The van der Waals surface area contributed by atoms with Crippen LogP contribution in [-0.4, -0.2) is 45.7 Å². The van der Waals surface area contributed by atoms with E-state index in [0.29, 0.717) is 6.07 Å². The molecule has 14 heteroatoms. The van der Waals surface area contributed by atoms with Gasteiger partial charge >= 0.3 is 0 Å². The highest BCUT2D eigenvalue weighted by Crippen LogP contribution is 2.39. The minimum absolute atomic E-state index is 0. The summed E-state index contributed by atoms with van der Waals surface area (Å²) in [6.45, 7) is 0. The number of rotatable bonds is 7. The van der Waals surface area contributed by atoms with Crippen molar-refractivity contribution in [3.8, 4) is 6.07 Å². The number of hydrogen-bond donors (Lipinski definition) is 1. The molecule has 230 valence electrons. The molecule has 1 saturated heterocycles. The minimum Gasteiger partial charge on any atom is -0.351 e. The maximum absolute atomic E-state index is 14.6. The number of alkyl halides is 2. The van der Waals surface area contributed by atoms with Crippen molar-refractivity contribution in [1.82, 2.24) is 15.3 Å². The molecule has 0 radical (unpaired) electrons. The van der Waals surface area contributed by atoms with Gasteiger partial charge in [-0.15, -0.1) is 0 Å². The van der Waals surface area contributed by atoms with Gasteiger partial charge in [0.15, 0.2) is 0 Å². The molecule has 0 spiro atoms. The maximum Gasteiger partial charge on any atom is 0.252 e. The van der Waals surface area contributed by atoms with Gasteiger partial charge in [0, 0.05) is 48.2 Å². The summed E-state index contributed by atoms with van der Waals surface area (Å²) < 4.78 is 56.4. The molecule has 9 nitrogen and oxygen atoms in total. The number of amides is 3. The number of nitrogens with zero attached hydrogens (tertiary/aromatic N) is 5. The van der Waals surface area contributed by atoms with E-state index in [2.05, 4.69) is 15.3 Å². The predicted molar refractivity (Wildman–Crippen MR) is 153 cm³/mol. The Morgan fingerprint density at radius 2 is 1.82 bits per heavy atom. The predicted octanol–water partition coefficient (Wildman–Crippen LogP) is 5.49. The Labute approximate surface area is 255 Å². The number of nitrogens with one attached hydrogen (secondary N) is 1. The fourth-order valence-corrected chi connectivity index (χ4v) is 5.50. The van der Waals surface area contributed by atoms with Gasteiger partial charge < -0.3 is 5.32 Å². The number of anilines is 2. The van der Waals surface area contributed by atoms with Gasteiger partial charge in [-0.2, -0.15) is 5.26 Å². The van der Waals surface area contributed by atoms with E-state index in [1.165, 1.54) is 30.5 Å². The summed E-state index contributed by atoms with van der Waals surface area (Å²) in [6.07, 6.45) is 0.281. The van der Waals surface area contributed by atoms with Crippen molar-refractivity contribution in [3.05, 3.63) is 82.6 Å². The molecule has 44 heavy (non-hydrogen) atoms. The number of halogens is 5. The molecule has 1 aliphatic carbocycles. The molecular weight excluding hydrogens is 604 g/mol. The molecule has 0 bridgehead atoms. The molecule has 0 unspecified atom stereocenters. The second-order valence-corrected chi connectivity index (χ2v) is 10.7. The first-order chi connectivity index (χ1) is 20.5. The Balaban J connectivity index is 0.00000442. The van der Waals surface area contributed by atoms with Gasteiger partial charge in [0.25, 0.3) is 11.8 Å². The quantitative estimate of drug-likeness (QED) is 0.345. The summed E-state index contributed by atoms with van der Waals surface area (Å²) in [6, 6.07) is 7.31. The van der Waals surface area contributed by atoms with Crippen LogP contribution in [0.2, 0.25) is 5.02 Å². The normalized spacial score (nSPS) is 18.3. The van der Waals surface area contributed by atoms with Crippen molar-refractivity contribution in [2.75, 3.05) is 9.80 Å². The van der Waals surface area contributed by atoms with Gasteiger partial charge in [-0.05, 0) is 37.1 Å². The summed E-state index contributed by atoms with van der Waals surface area (Å²) in [4.78, 5) is 51.4. The largest absolute Gasteiger partial charge is 0.351 e. The lowest BCUT2D eigenvalue weighted by Crippen LogP contribution is -2.58. The van der Waals surface area contributed by atoms with Gasteiger partial charge in [0.05, 0.1) is 5.69 Å². The molecule has 1 saturated carbocycles. The molecule has 3 aromatic rings. The Morgan fingerprint density at radius 1 is 1.14 bits per heavy atom. The Bertz CT molecular complexity index is 1610. The number of carbonyl (C=O) groups excluding carboxylic acids is 3. The Kier molecular flexibility index (Phi) is 9.53. The van der Waals surface area contributed by atoms with Crippen LogP contribution in [0.5, 0.6) is 0 Å². The fourth-order valence-electron chi connectivity index (χ4n) is 5.26. The van der Waals surface area contributed by atoms with Crippen LogP contribution in [0.15, 0.2) is 54.7 Å². The third-order valence-electron chi connectivity index (χ3n) is 7.21. The topological polar surface area (TPSA) is 119 Å². The van der Waals surface area contributed by atoms with Crippen LogP contribution in [0.1, 0.15) is 56.8 Å². The first kappa shape index (κ1) is 32.3. The Hall–Kier alpha value is -4.57. The zero-order valence-corrected chi connectivity index (χ0v) is 23.1. The van der Waals surface area contributed by atoms with Crippen molar-refractivity contribution in [1.29, 1.82) is 5.26 Å². The highest BCUT2D eigenvalue weighted by Gasteiger charge is 2.48. The van der Waals surface area contributed by atoms with E-state index in [9.17, 15) is 37.2 Å². The minimum atomic E-state index is -2.97. The molecule has 2 atom stereocenters. The van der Waals surface area contributed by atoms with E-state index in [1.54, 1.807) is 6.07 Å². The Morgan fingerprint density at radius 3 is 2.45 bits per heavy atom. The van der Waals surface area contributed by atoms with E-state index >= 15 is 0 Å². The summed E-state index contributed by atoms with van der Waals surface area (Å²) in [5, 5.41) is 11.8. The lowest BCUT2D eigenvalue weighted by molar-refractivity contribution is -0.133. The molecule has 3 amide bonds. The second kappa shape index (κ2) is 13.0. The molecule has 5 rings (SSSR count). The number of nitriles is 1. The van der Waals surface area contributed by atoms with Crippen LogP contribution in [-0.2, 0) is 14.4 Å². The van der Waals surface area contributed by atoms with Crippen LogP contribution in [0.3, 0.4) is 0 Å². The van der Waals surface area contributed by atoms with Gasteiger partial charge in [0.2, 0.25) is 17.8 Å². The lowest BCUT2D eigenvalue weighted by Gasteiger charge is -2.41. The number of benzene rings is 2. The zero-order valence-electron chi connectivity index (χ0n) is 22.3. The SMILES string of the molecule is C.N#Cc1ccnc(N2C(=O)CCC[C@H]2C(=O)N(c2cc(F)cc(F)c2)[C@H](C(=O)NC2CC(F)(F)C2)c2ccccc2Cl)n1. The van der Waals surface area contributed by atoms with E-state index < -0.39 is 66.2 Å². The fraction of sp³-hybridized carbons (Fsp3) is 0.333.